The fourth-order valence-electron chi connectivity index (χ4n) is 3.09. The maximum absolute atomic E-state index is 11.1. The Morgan fingerprint density at radius 1 is 1.05 bits per heavy atom. The Kier molecular flexibility index (Phi) is 4.43. The molecule has 0 radical (unpaired) electrons. The third kappa shape index (κ3) is 2.44. The van der Waals surface area contributed by atoms with Gasteiger partial charge >= 0.3 is 0 Å². The van der Waals surface area contributed by atoms with E-state index in [1.54, 1.807) is 21.3 Å². The highest BCUT2D eigenvalue weighted by atomic mass is 16.5. The van der Waals surface area contributed by atoms with Gasteiger partial charge in [-0.1, -0.05) is 19.8 Å². The zero-order valence-electron chi connectivity index (χ0n) is 12.7. The van der Waals surface area contributed by atoms with Crippen molar-refractivity contribution >= 4 is 0 Å². The summed E-state index contributed by atoms with van der Waals surface area (Å²) in [5.74, 6) is 1.96. The average Bonchev–Trinajstić information content (AvgIpc) is 2.48. The van der Waals surface area contributed by atoms with Gasteiger partial charge in [0.15, 0.2) is 11.5 Å². The lowest BCUT2D eigenvalue weighted by atomic mass is 9.72. The molecule has 1 aliphatic carbocycles. The van der Waals surface area contributed by atoms with Crippen molar-refractivity contribution in [2.45, 2.75) is 38.2 Å². The number of methoxy groups -OCH3 is 3. The Hall–Kier alpha value is -1.42. The van der Waals surface area contributed by atoms with Gasteiger partial charge < -0.3 is 19.3 Å². The van der Waals surface area contributed by atoms with E-state index in [1.165, 1.54) is 6.42 Å². The van der Waals surface area contributed by atoms with Crippen LogP contribution >= 0.6 is 0 Å². The van der Waals surface area contributed by atoms with E-state index in [-0.39, 0.29) is 5.92 Å². The Morgan fingerprint density at radius 2 is 1.65 bits per heavy atom. The van der Waals surface area contributed by atoms with E-state index < -0.39 is 5.60 Å². The van der Waals surface area contributed by atoms with Crippen LogP contribution in [0.3, 0.4) is 0 Å². The molecule has 1 saturated carbocycles. The van der Waals surface area contributed by atoms with Gasteiger partial charge in [-0.2, -0.15) is 0 Å². The van der Waals surface area contributed by atoms with E-state index in [0.29, 0.717) is 17.2 Å². The fraction of sp³-hybridized carbons (Fsp3) is 0.625. The molecule has 0 aromatic heterocycles. The van der Waals surface area contributed by atoms with Gasteiger partial charge in [0.2, 0.25) is 5.75 Å². The fourth-order valence-corrected chi connectivity index (χ4v) is 3.09. The van der Waals surface area contributed by atoms with Crippen molar-refractivity contribution in [1.29, 1.82) is 0 Å². The SMILES string of the molecule is COc1cc([C@@]2(O)CCCC[C@@H]2C)cc(OC)c1OC. The predicted molar refractivity (Wildman–Crippen MR) is 77.6 cm³/mol. The minimum Gasteiger partial charge on any atom is -0.493 e. The first kappa shape index (κ1) is 15.0. The van der Waals surface area contributed by atoms with Crippen LogP contribution < -0.4 is 14.2 Å². The van der Waals surface area contributed by atoms with Crippen molar-refractivity contribution in [1.82, 2.24) is 0 Å². The Bertz CT molecular complexity index is 447. The van der Waals surface area contributed by atoms with Crippen LogP contribution in [0, 0.1) is 5.92 Å². The summed E-state index contributed by atoms with van der Waals surface area (Å²) in [6, 6.07) is 3.73. The van der Waals surface area contributed by atoms with Crippen molar-refractivity contribution in [2.24, 2.45) is 5.92 Å². The van der Waals surface area contributed by atoms with Gasteiger partial charge in [0.05, 0.1) is 26.9 Å². The number of benzene rings is 1. The lowest BCUT2D eigenvalue weighted by molar-refractivity contribution is -0.0472. The first-order chi connectivity index (χ1) is 9.56. The number of hydrogen-bond acceptors (Lipinski definition) is 4. The van der Waals surface area contributed by atoms with Crippen LogP contribution in [0.1, 0.15) is 38.2 Å². The van der Waals surface area contributed by atoms with Gasteiger partial charge in [0, 0.05) is 0 Å². The smallest absolute Gasteiger partial charge is 0.203 e. The van der Waals surface area contributed by atoms with Crippen LogP contribution in [0.25, 0.3) is 0 Å². The van der Waals surface area contributed by atoms with Crippen LogP contribution in [-0.2, 0) is 5.60 Å². The average molecular weight is 280 g/mol. The molecule has 0 saturated heterocycles. The lowest BCUT2D eigenvalue weighted by Gasteiger charge is -2.39. The Balaban J connectivity index is 2.51. The van der Waals surface area contributed by atoms with E-state index in [2.05, 4.69) is 6.92 Å². The molecule has 112 valence electrons. The first-order valence-corrected chi connectivity index (χ1v) is 7.09. The molecule has 0 bridgehead atoms. The quantitative estimate of drug-likeness (QED) is 0.920. The second-order valence-electron chi connectivity index (χ2n) is 5.49. The summed E-state index contributed by atoms with van der Waals surface area (Å²) in [4.78, 5) is 0. The van der Waals surface area contributed by atoms with Gasteiger partial charge in [0.1, 0.15) is 0 Å². The summed E-state index contributed by atoms with van der Waals surface area (Å²) < 4.78 is 16.1. The second-order valence-corrected chi connectivity index (χ2v) is 5.49. The van der Waals surface area contributed by atoms with E-state index in [1.807, 2.05) is 12.1 Å². The van der Waals surface area contributed by atoms with Crippen molar-refractivity contribution in [3.63, 3.8) is 0 Å². The molecule has 1 aromatic carbocycles. The summed E-state index contributed by atoms with van der Waals surface area (Å²) >= 11 is 0. The molecule has 0 unspecified atom stereocenters. The van der Waals surface area contributed by atoms with Crippen molar-refractivity contribution < 1.29 is 19.3 Å². The molecule has 0 spiro atoms. The summed E-state index contributed by atoms with van der Waals surface area (Å²) in [6.45, 7) is 2.10. The van der Waals surface area contributed by atoms with Crippen LogP contribution in [0.5, 0.6) is 17.2 Å². The Labute approximate surface area is 120 Å². The first-order valence-electron chi connectivity index (χ1n) is 7.09. The lowest BCUT2D eigenvalue weighted by Crippen LogP contribution is -2.36. The zero-order valence-corrected chi connectivity index (χ0v) is 12.7. The van der Waals surface area contributed by atoms with Crippen molar-refractivity contribution in [3.05, 3.63) is 17.7 Å². The molecule has 0 amide bonds. The molecule has 0 aliphatic heterocycles. The third-order valence-electron chi connectivity index (χ3n) is 4.42. The molecule has 2 rings (SSSR count). The molecular weight excluding hydrogens is 256 g/mol. The molecule has 1 fully saturated rings. The number of hydrogen-bond donors (Lipinski definition) is 1. The standard InChI is InChI=1S/C16H24O4/c1-11-7-5-6-8-16(11,17)12-9-13(18-2)15(20-4)14(10-12)19-3/h9-11,17H,5-8H2,1-4H3/t11-,16+/m0/s1. The van der Waals surface area contributed by atoms with Crippen LogP contribution in [0.2, 0.25) is 0 Å². The third-order valence-corrected chi connectivity index (χ3v) is 4.42. The topological polar surface area (TPSA) is 47.9 Å². The summed E-state index contributed by atoms with van der Waals surface area (Å²) in [6.07, 6.45) is 4.02. The largest absolute Gasteiger partial charge is 0.493 e. The van der Waals surface area contributed by atoms with Gasteiger partial charge in [0.25, 0.3) is 0 Å². The zero-order chi connectivity index (χ0) is 14.8. The van der Waals surface area contributed by atoms with E-state index in [4.69, 9.17) is 14.2 Å². The van der Waals surface area contributed by atoms with Crippen LogP contribution in [-0.4, -0.2) is 26.4 Å². The van der Waals surface area contributed by atoms with Crippen molar-refractivity contribution in [3.8, 4) is 17.2 Å². The molecule has 4 nitrogen and oxygen atoms in total. The number of ether oxygens (including phenoxy) is 3. The maximum Gasteiger partial charge on any atom is 0.203 e. The number of aliphatic hydroxyl groups is 1. The van der Waals surface area contributed by atoms with E-state index in [9.17, 15) is 5.11 Å². The molecule has 20 heavy (non-hydrogen) atoms. The molecule has 1 aliphatic rings. The predicted octanol–water partition coefficient (Wildman–Crippen LogP) is 3.11. The molecule has 2 atom stereocenters. The highest BCUT2D eigenvalue weighted by molar-refractivity contribution is 5.55. The summed E-state index contributed by atoms with van der Waals surface area (Å²) in [5.41, 5.74) is 0.0321. The van der Waals surface area contributed by atoms with Gasteiger partial charge in [-0.15, -0.1) is 0 Å². The molecule has 0 heterocycles. The molecule has 1 N–H and O–H groups in total. The normalized spacial score (nSPS) is 26.1. The van der Waals surface area contributed by atoms with Gasteiger partial charge in [-0.05, 0) is 36.5 Å². The highest BCUT2D eigenvalue weighted by Crippen LogP contribution is 2.47. The van der Waals surface area contributed by atoms with E-state index >= 15 is 0 Å². The second kappa shape index (κ2) is 5.92. The van der Waals surface area contributed by atoms with Gasteiger partial charge in [-0.3, -0.25) is 0 Å². The highest BCUT2D eigenvalue weighted by Gasteiger charge is 2.38. The molecule has 1 aromatic rings. The molecular formula is C16H24O4. The molecule has 4 heteroatoms. The summed E-state index contributed by atoms with van der Waals surface area (Å²) in [5, 5.41) is 11.1. The minimum absolute atomic E-state index is 0.221. The van der Waals surface area contributed by atoms with Gasteiger partial charge in [-0.25, -0.2) is 0 Å². The van der Waals surface area contributed by atoms with E-state index in [0.717, 1.165) is 24.8 Å². The number of rotatable bonds is 4. The monoisotopic (exact) mass is 280 g/mol. The minimum atomic E-state index is -0.814. The summed E-state index contributed by atoms with van der Waals surface area (Å²) in [7, 11) is 4.77. The van der Waals surface area contributed by atoms with Crippen molar-refractivity contribution in [2.75, 3.05) is 21.3 Å². The van der Waals surface area contributed by atoms with Crippen LogP contribution in [0.4, 0.5) is 0 Å². The maximum atomic E-state index is 11.1. The van der Waals surface area contributed by atoms with Crippen LogP contribution in [0.15, 0.2) is 12.1 Å². The Morgan fingerprint density at radius 3 is 2.10 bits per heavy atom.